The lowest BCUT2D eigenvalue weighted by molar-refractivity contribution is -0.142. The van der Waals surface area contributed by atoms with Gasteiger partial charge in [-0.2, -0.15) is 5.10 Å². The zero-order chi connectivity index (χ0) is 13.8. The average molecular weight is 263 g/mol. The van der Waals surface area contributed by atoms with Gasteiger partial charge in [0.05, 0.1) is 11.6 Å². The Morgan fingerprint density at radius 2 is 1.89 bits per heavy atom. The predicted octanol–water partition coefficient (Wildman–Crippen LogP) is 1.16. The lowest BCUT2D eigenvalue weighted by atomic mass is 9.86. The van der Waals surface area contributed by atoms with E-state index in [1.807, 2.05) is 6.92 Å². The zero-order valence-corrected chi connectivity index (χ0v) is 10.8. The van der Waals surface area contributed by atoms with Gasteiger partial charge in [-0.15, -0.1) is 5.10 Å². The van der Waals surface area contributed by atoms with Crippen LogP contribution >= 0.6 is 0 Å². The summed E-state index contributed by atoms with van der Waals surface area (Å²) in [4.78, 5) is 22.7. The number of aryl methyl sites for hydroxylation is 1. The third kappa shape index (κ3) is 3.49. The largest absolute Gasteiger partial charge is 0.481 e. The van der Waals surface area contributed by atoms with Gasteiger partial charge in [0, 0.05) is 6.04 Å². The molecule has 1 aliphatic carbocycles. The molecule has 0 radical (unpaired) electrons. The highest BCUT2D eigenvalue weighted by molar-refractivity contribution is 5.92. The number of carboxylic acids is 1. The molecule has 0 aliphatic heterocycles. The quantitative estimate of drug-likeness (QED) is 0.853. The Balaban J connectivity index is 1.87. The predicted molar refractivity (Wildman–Crippen MR) is 67.6 cm³/mol. The second-order valence-corrected chi connectivity index (χ2v) is 4.92. The number of carbonyl (C=O) groups is 2. The number of aromatic nitrogens is 2. The molecule has 1 saturated carbocycles. The number of nitrogens with zero attached hydrogens (tertiary/aromatic N) is 2. The van der Waals surface area contributed by atoms with Gasteiger partial charge in [-0.1, -0.05) is 0 Å². The molecule has 0 unspecified atom stereocenters. The maximum absolute atomic E-state index is 11.9. The first kappa shape index (κ1) is 13.5. The smallest absolute Gasteiger partial charge is 0.306 e. The van der Waals surface area contributed by atoms with Gasteiger partial charge in [-0.05, 0) is 44.7 Å². The van der Waals surface area contributed by atoms with Gasteiger partial charge in [-0.3, -0.25) is 9.59 Å². The Kier molecular flexibility index (Phi) is 4.09. The molecule has 0 spiro atoms. The van der Waals surface area contributed by atoms with Crippen molar-refractivity contribution in [1.29, 1.82) is 0 Å². The van der Waals surface area contributed by atoms with Crippen molar-refractivity contribution in [3.05, 3.63) is 23.5 Å². The summed E-state index contributed by atoms with van der Waals surface area (Å²) in [5, 5.41) is 19.5. The van der Waals surface area contributed by atoms with E-state index in [2.05, 4.69) is 15.5 Å². The number of hydrogen-bond acceptors (Lipinski definition) is 4. The topological polar surface area (TPSA) is 92.2 Å². The summed E-state index contributed by atoms with van der Waals surface area (Å²) < 4.78 is 0. The normalized spacial score (nSPS) is 22.8. The number of carbonyl (C=O) groups excluding carboxylic acids is 1. The molecule has 1 fully saturated rings. The van der Waals surface area contributed by atoms with Crippen LogP contribution in [0.5, 0.6) is 0 Å². The molecule has 102 valence electrons. The number of nitrogens with one attached hydrogen (secondary N) is 1. The van der Waals surface area contributed by atoms with Crippen molar-refractivity contribution >= 4 is 11.9 Å². The fraction of sp³-hybridized carbons (Fsp3) is 0.538. The summed E-state index contributed by atoms with van der Waals surface area (Å²) in [5.41, 5.74) is 1.06. The lowest BCUT2D eigenvalue weighted by Gasteiger charge is -2.26. The number of rotatable bonds is 3. The molecule has 2 rings (SSSR count). The molecular weight excluding hydrogens is 246 g/mol. The maximum atomic E-state index is 11.9. The number of carboxylic acid groups (broad SMARTS) is 1. The first-order chi connectivity index (χ1) is 9.06. The molecule has 1 aliphatic rings. The minimum atomic E-state index is -0.742. The van der Waals surface area contributed by atoms with Crippen molar-refractivity contribution in [3.63, 3.8) is 0 Å². The molecule has 0 atom stereocenters. The van der Waals surface area contributed by atoms with Crippen LogP contribution in [0.15, 0.2) is 12.1 Å². The van der Waals surface area contributed by atoms with Gasteiger partial charge in [0.25, 0.3) is 5.91 Å². The van der Waals surface area contributed by atoms with E-state index in [-0.39, 0.29) is 17.9 Å². The van der Waals surface area contributed by atoms with E-state index in [4.69, 9.17) is 5.11 Å². The highest BCUT2D eigenvalue weighted by Crippen LogP contribution is 2.24. The summed E-state index contributed by atoms with van der Waals surface area (Å²) in [5.74, 6) is -1.26. The van der Waals surface area contributed by atoms with Gasteiger partial charge in [0.1, 0.15) is 0 Å². The van der Waals surface area contributed by atoms with Crippen molar-refractivity contribution in [1.82, 2.24) is 15.5 Å². The first-order valence-electron chi connectivity index (χ1n) is 6.40. The molecule has 1 aromatic rings. The fourth-order valence-corrected chi connectivity index (χ4v) is 2.26. The van der Waals surface area contributed by atoms with E-state index in [9.17, 15) is 9.59 Å². The minimum absolute atomic E-state index is 0.0335. The molecule has 0 saturated heterocycles. The third-order valence-corrected chi connectivity index (χ3v) is 3.44. The molecule has 1 aromatic heterocycles. The van der Waals surface area contributed by atoms with Crippen LogP contribution in [0.3, 0.4) is 0 Å². The molecule has 19 heavy (non-hydrogen) atoms. The van der Waals surface area contributed by atoms with Crippen molar-refractivity contribution < 1.29 is 14.7 Å². The number of aliphatic carboxylic acids is 1. The van der Waals surface area contributed by atoms with Gasteiger partial charge in [0.2, 0.25) is 0 Å². The first-order valence-corrected chi connectivity index (χ1v) is 6.40. The molecule has 6 nitrogen and oxygen atoms in total. The van der Waals surface area contributed by atoms with Crippen molar-refractivity contribution in [3.8, 4) is 0 Å². The van der Waals surface area contributed by atoms with Crippen LogP contribution in [0.1, 0.15) is 41.9 Å². The molecule has 0 bridgehead atoms. The van der Waals surface area contributed by atoms with Crippen molar-refractivity contribution in [2.45, 2.75) is 38.6 Å². The molecular formula is C13H17N3O3. The fourth-order valence-electron chi connectivity index (χ4n) is 2.26. The second-order valence-electron chi connectivity index (χ2n) is 4.92. The van der Waals surface area contributed by atoms with Crippen LogP contribution in [-0.4, -0.2) is 33.2 Å². The highest BCUT2D eigenvalue weighted by Gasteiger charge is 2.27. The summed E-state index contributed by atoms with van der Waals surface area (Å²) >= 11 is 0. The van der Waals surface area contributed by atoms with Crippen LogP contribution in [0, 0.1) is 12.8 Å². The number of amides is 1. The molecule has 1 amide bonds. The molecule has 6 heteroatoms. The van der Waals surface area contributed by atoms with Crippen molar-refractivity contribution in [2.75, 3.05) is 0 Å². The summed E-state index contributed by atoms with van der Waals surface area (Å²) in [6.07, 6.45) is 2.61. The number of hydrogen-bond donors (Lipinski definition) is 2. The minimum Gasteiger partial charge on any atom is -0.481 e. The van der Waals surface area contributed by atoms with E-state index in [1.54, 1.807) is 12.1 Å². The van der Waals surface area contributed by atoms with Gasteiger partial charge in [0.15, 0.2) is 5.69 Å². The van der Waals surface area contributed by atoms with Crippen LogP contribution < -0.4 is 5.32 Å². The summed E-state index contributed by atoms with van der Waals surface area (Å²) in [7, 11) is 0. The second kappa shape index (κ2) is 5.77. The Hall–Kier alpha value is -1.98. The third-order valence-electron chi connectivity index (χ3n) is 3.44. The molecule has 1 heterocycles. The SMILES string of the molecule is Cc1ccc(C(=O)NC2CCC(C(=O)O)CC2)nn1. The molecule has 0 aromatic carbocycles. The van der Waals surface area contributed by atoms with Crippen molar-refractivity contribution in [2.24, 2.45) is 5.92 Å². The Morgan fingerprint density at radius 1 is 1.21 bits per heavy atom. The summed E-state index contributed by atoms with van der Waals surface area (Å²) in [6, 6.07) is 3.41. The average Bonchev–Trinajstić information content (AvgIpc) is 2.40. The van der Waals surface area contributed by atoms with E-state index in [0.717, 1.165) is 5.69 Å². The van der Waals surface area contributed by atoms with E-state index in [0.29, 0.717) is 31.4 Å². The molecule has 2 N–H and O–H groups in total. The van der Waals surface area contributed by atoms with E-state index in [1.165, 1.54) is 0 Å². The van der Waals surface area contributed by atoms with Crippen LogP contribution in [-0.2, 0) is 4.79 Å². The van der Waals surface area contributed by atoms with Gasteiger partial charge >= 0.3 is 5.97 Å². The van der Waals surface area contributed by atoms with Gasteiger partial charge < -0.3 is 10.4 Å². The Labute approximate surface area is 111 Å². The highest BCUT2D eigenvalue weighted by atomic mass is 16.4. The van der Waals surface area contributed by atoms with Gasteiger partial charge in [-0.25, -0.2) is 0 Å². The monoisotopic (exact) mass is 263 g/mol. The standard InChI is InChI=1S/C13H17N3O3/c1-8-2-7-11(16-15-8)12(17)14-10-5-3-9(4-6-10)13(18)19/h2,7,9-10H,3-6H2,1H3,(H,14,17)(H,18,19). The van der Waals surface area contributed by atoms with Crippen LogP contribution in [0.2, 0.25) is 0 Å². The van der Waals surface area contributed by atoms with E-state index >= 15 is 0 Å². The maximum Gasteiger partial charge on any atom is 0.306 e. The zero-order valence-electron chi connectivity index (χ0n) is 10.8. The van der Waals surface area contributed by atoms with Crippen LogP contribution in [0.4, 0.5) is 0 Å². The summed E-state index contributed by atoms with van der Waals surface area (Å²) in [6.45, 7) is 1.81. The lowest BCUT2D eigenvalue weighted by Crippen LogP contribution is -2.39. The Morgan fingerprint density at radius 3 is 2.42 bits per heavy atom. The van der Waals surface area contributed by atoms with Crippen LogP contribution in [0.25, 0.3) is 0 Å². The van der Waals surface area contributed by atoms with E-state index < -0.39 is 5.97 Å². The Bertz CT molecular complexity index is 465.